The van der Waals surface area contributed by atoms with Gasteiger partial charge in [-0.05, 0) is 55.7 Å². The van der Waals surface area contributed by atoms with E-state index in [1.54, 1.807) is 24.5 Å². The summed E-state index contributed by atoms with van der Waals surface area (Å²) in [4.78, 5) is 125. The van der Waals surface area contributed by atoms with Gasteiger partial charge in [0, 0.05) is 61.8 Å². The molecule has 48 nitrogen and oxygen atoms in total. The summed E-state index contributed by atoms with van der Waals surface area (Å²) in [5.74, 6) is 13.0. The number of aromatic nitrogens is 15. The van der Waals surface area contributed by atoms with E-state index in [0.717, 1.165) is 38.1 Å². The number of hydrogen-bond donors (Lipinski definition) is 15. The van der Waals surface area contributed by atoms with Gasteiger partial charge < -0.3 is 109 Å². The van der Waals surface area contributed by atoms with Crippen molar-refractivity contribution >= 4 is 107 Å². The van der Waals surface area contributed by atoms with Gasteiger partial charge in [-0.2, -0.15) is 0 Å². The van der Waals surface area contributed by atoms with Gasteiger partial charge >= 0.3 is 37.3 Å². The van der Waals surface area contributed by atoms with E-state index in [4.69, 9.17) is 117 Å². The lowest BCUT2D eigenvalue weighted by atomic mass is 10.1. The Morgan fingerprint density at radius 1 is 0.496 bits per heavy atom. The zero-order chi connectivity index (χ0) is 91.1. The molecule has 0 radical (unpaired) electrons. The maximum Gasteiger partial charge on any atom is 0.386 e. The fourth-order valence-electron chi connectivity index (χ4n) is 14.3. The third kappa shape index (κ3) is 21.5. The topological polar surface area (TPSA) is 652 Å². The van der Waals surface area contributed by atoms with Crippen molar-refractivity contribution in [1.82, 2.24) is 72.3 Å². The molecular weight excluding hydrogens is 1810 g/mol. The highest BCUT2D eigenvalue weighted by Crippen LogP contribution is 2.58. The summed E-state index contributed by atoms with van der Waals surface area (Å²) in [5, 5.41) is 61.6. The summed E-state index contributed by atoms with van der Waals surface area (Å²) in [7, 11) is 0. The Hall–Kier alpha value is -9.20. The van der Waals surface area contributed by atoms with Crippen LogP contribution in [0, 0.1) is 36.0 Å². The summed E-state index contributed by atoms with van der Waals surface area (Å²) >= 11 is 14.4. The number of anilines is 3. The fourth-order valence-corrected chi connectivity index (χ4v) is 18.6. The molecule has 6 fully saturated rings. The van der Waals surface area contributed by atoms with E-state index in [0.29, 0.717) is 39.3 Å². The van der Waals surface area contributed by atoms with Crippen molar-refractivity contribution in [3.63, 3.8) is 0 Å². The van der Waals surface area contributed by atoms with E-state index < -0.39 is 228 Å². The van der Waals surface area contributed by atoms with Crippen LogP contribution in [-0.4, -0.2) is 276 Å². The van der Waals surface area contributed by atoms with Crippen LogP contribution < -0.4 is 50.9 Å². The minimum Gasteiger partial charge on any atom is -0.397 e. The average Bonchev–Trinajstić information content (AvgIpc) is 1.64. The number of H-pyrrole nitrogens is 3. The SMILES string of the molecule is C#CCO[C@H]1C(OP(O)(=S)OC[C@H]2O[C@@H](n3cnc4c(N)ccnc43)[C@@H](F)C2O)[C@@H](CO)O[C@H]1n1ccc(=O)[nH]c1=O.CC#CCO[C@H]1C(OP(=O)(S)OC[C@H]2O[C@@H](n3cnc4c(N)ccnc43)CC2O)[C@@H](CO)O[C@H]1n1ccc(=O)[nH]c1=O.CC#CCO[C@H]1C(OP(O)(=S)OC[C@H]2O[C@@H](n3cnc4c(N)ccnc43)[C@@H](F)C2O)[C@@H](CO)O[C@H]1n1ccc(=O)[nH]c1=O. The summed E-state index contributed by atoms with van der Waals surface area (Å²) in [6, 6.07) is 7.95. The number of hydrogen-bond acceptors (Lipinski definition) is 39. The number of nitrogens with zero attached hydrogens (tertiary/aromatic N) is 12. The molecular formula is C71H83F2N18O30P3S3. The number of aliphatic hydroxyl groups excluding tert-OH is 6. The first-order valence-electron chi connectivity index (χ1n) is 38.0. The molecule has 15 heterocycles. The van der Waals surface area contributed by atoms with Crippen molar-refractivity contribution in [1.29, 1.82) is 0 Å². The monoisotopic (exact) mass is 1890 g/mol. The van der Waals surface area contributed by atoms with Gasteiger partial charge in [0.1, 0.15) is 128 Å². The van der Waals surface area contributed by atoms with Gasteiger partial charge in [0.05, 0.1) is 81.8 Å². The molecule has 6 aliphatic heterocycles. The molecule has 15 rings (SSSR count). The number of alkyl halides is 2. The molecule has 9 aromatic rings. The van der Waals surface area contributed by atoms with Crippen LogP contribution in [0.5, 0.6) is 0 Å². The zero-order valence-electron chi connectivity index (χ0n) is 66.1. The minimum absolute atomic E-state index is 0.109. The van der Waals surface area contributed by atoms with Gasteiger partial charge in [0.2, 0.25) is 0 Å². The molecule has 9 unspecified atom stereocenters. The number of ether oxygens (including phenoxy) is 9. The Labute approximate surface area is 728 Å². The molecule has 9 aromatic heterocycles. The molecule has 17 N–H and O–H groups in total. The van der Waals surface area contributed by atoms with Crippen molar-refractivity contribution in [2.45, 2.75) is 162 Å². The van der Waals surface area contributed by atoms with Gasteiger partial charge in [0.15, 0.2) is 60.4 Å². The third-order valence-corrected chi connectivity index (χ3v) is 25.0. The first-order chi connectivity index (χ1) is 60.7. The Bertz CT molecular complexity index is 6140. The van der Waals surface area contributed by atoms with Crippen LogP contribution in [0.4, 0.5) is 25.8 Å². The van der Waals surface area contributed by atoms with Crippen LogP contribution in [0.15, 0.2) is 121 Å². The number of terminal acetylenes is 1. The third-order valence-electron chi connectivity index (χ3n) is 20.3. The minimum atomic E-state index is -4.22. The summed E-state index contributed by atoms with van der Waals surface area (Å²) < 4.78 is 136. The Morgan fingerprint density at radius 2 is 0.843 bits per heavy atom. The predicted molar refractivity (Wildman–Crippen MR) is 444 cm³/mol. The molecule has 6 saturated heterocycles. The van der Waals surface area contributed by atoms with Gasteiger partial charge in [0.25, 0.3) is 16.7 Å². The summed E-state index contributed by atoms with van der Waals surface area (Å²) in [6.45, 7) is -13.4. The molecule has 56 heteroatoms. The standard InChI is InChI=1S/C24H28FN6O10PS.C24H29N6O10PS.C23H26FN6O10PS/c1-2-3-8-37-20-19(13(9-32)39-23(20)30-7-5-15(33)29-24(30)35)41-42(36,43)38-10-14-18(34)16(25)22(40-14)31-11-28-17-12(26)4-6-27-21(17)31;1-2-3-8-36-21-20(15(10-31)39-23(21)29-7-5-17(33)28-24(29)34)40-41(35,42)37-11-16-14(32)9-18(38-16)30-12-27-19-13(25)4-6-26-22(19)30;1-2-7-36-19-18(12(8-31)38-22(19)29-6-4-14(32)28-23(29)34)40-41(35,42)37-9-13-17(33)15(24)21(39-13)30-10-27-16-11(25)3-5-26-20(16)30/h4-7,11,13-14,16,18-20,22-23,32,34H,8-10H2,1H3,(H2,26,27)(H,36,43)(H,29,33,35);4-7,12,14-16,18,20-21,23,31-32H,8-11H2,1H3,(H2,25,26)(H,35,42)(H,28,33,34);1,3-6,10,12-13,15,17-19,21-22,31,33H,7-9H2,(H2,25,26)(H,35,42)(H,28,32,34)/t13-,14-,16+,18?,19?,20+,22-,23-,42?;14?,15-,16-,18-,20?,21+,23-,41?;12-,13-,15+,17?,18?,19+,21-,22-,41?/m111/s1. The number of nitrogens with two attached hydrogens (primary N) is 3. The number of thiol groups is 1. The van der Waals surface area contributed by atoms with Crippen molar-refractivity contribution < 1.29 is 124 Å². The predicted octanol–water partition coefficient (Wildman–Crippen LogP) is -2.29. The van der Waals surface area contributed by atoms with Crippen LogP contribution in [0.3, 0.4) is 0 Å². The average molecular weight is 1900 g/mol. The van der Waals surface area contributed by atoms with E-state index in [9.17, 15) is 73.8 Å². The first kappa shape index (κ1) is 95.4. The van der Waals surface area contributed by atoms with Gasteiger partial charge in [-0.1, -0.05) is 30.0 Å². The molecule has 6 aliphatic rings. The number of rotatable bonds is 30. The largest absolute Gasteiger partial charge is 0.397 e. The second kappa shape index (κ2) is 41.3. The van der Waals surface area contributed by atoms with Gasteiger partial charge in [-0.25, -0.2) is 57.6 Å². The molecule has 0 amide bonds. The number of aliphatic hydroxyl groups is 6. The number of nitrogens with one attached hydrogen (secondary N) is 3. The Balaban J connectivity index is 0.000000163. The second-order valence-electron chi connectivity index (χ2n) is 28.3. The van der Waals surface area contributed by atoms with E-state index in [2.05, 4.69) is 86.7 Å². The Morgan fingerprint density at radius 3 is 1.20 bits per heavy atom. The Kier molecular flexibility index (Phi) is 31.0. The lowest BCUT2D eigenvalue weighted by Gasteiger charge is -2.28. The zero-order valence-corrected chi connectivity index (χ0v) is 71.3. The van der Waals surface area contributed by atoms with Crippen LogP contribution in [0.1, 0.15) is 57.6 Å². The number of aromatic amines is 3. The normalized spacial score (nSPS) is 30.0. The molecule has 0 spiro atoms. The summed E-state index contributed by atoms with van der Waals surface area (Å²) in [6.07, 6.45) is -12.1. The molecule has 26 atom stereocenters. The quantitative estimate of drug-likeness (QED) is 0.0128. The maximum atomic E-state index is 15.2. The van der Waals surface area contributed by atoms with Gasteiger partial charge in [-0.3, -0.25) is 74.8 Å². The smallest absolute Gasteiger partial charge is 0.386 e. The maximum absolute atomic E-state index is 15.2. The summed E-state index contributed by atoms with van der Waals surface area (Å²) in [5.41, 5.74) is 16.5. The highest BCUT2D eigenvalue weighted by atomic mass is 32.7. The lowest BCUT2D eigenvalue weighted by Crippen LogP contribution is -2.40. The highest BCUT2D eigenvalue weighted by molar-refractivity contribution is 8.44. The fraction of sp³-hybridized carbons (Fsp3) is 0.493. The molecule has 0 bridgehead atoms. The van der Waals surface area contributed by atoms with E-state index >= 15 is 8.78 Å². The van der Waals surface area contributed by atoms with Crippen molar-refractivity contribution in [2.24, 2.45) is 0 Å². The van der Waals surface area contributed by atoms with Crippen LogP contribution in [-0.2, 0) is 98.0 Å². The lowest BCUT2D eigenvalue weighted by molar-refractivity contribution is -0.0678. The molecule has 684 valence electrons. The number of fused-ring (bicyclic) bond motifs is 3. The second-order valence-corrected chi connectivity index (χ2v) is 36.7. The van der Waals surface area contributed by atoms with E-state index in [1.165, 1.54) is 71.2 Å². The van der Waals surface area contributed by atoms with Crippen LogP contribution in [0.25, 0.3) is 33.5 Å². The van der Waals surface area contributed by atoms with E-state index in [-0.39, 0.29) is 44.1 Å². The molecule has 0 aliphatic carbocycles. The van der Waals surface area contributed by atoms with Crippen molar-refractivity contribution in [2.75, 3.05) is 76.7 Å². The molecule has 0 aromatic carbocycles. The number of pyridine rings is 3. The molecule has 127 heavy (non-hydrogen) atoms. The van der Waals surface area contributed by atoms with Crippen LogP contribution in [0.2, 0.25) is 0 Å². The van der Waals surface area contributed by atoms with Crippen molar-refractivity contribution in [3.8, 4) is 36.0 Å². The number of nitrogen functional groups attached to an aromatic ring is 3. The van der Waals surface area contributed by atoms with Crippen molar-refractivity contribution in [3.05, 3.63) is 155 Å². The van der Waals surface area contributed by atoms with Crippen LogP contribution >= 0.6 is 32.5 Å². The van der Waals surface area contributed by atoms with Gasteiger partial charge in [-0.15, -0.1) is 18.3 Å². The van der Waals surface area contributed by atoms with E-state index in [1.807, 2.05) is 0 Å². The molecule has 0 saturated carbocycles. The highest BCUT2D eigenvalue weighted by Gasteiger charge is 2.55. The first-order valence-corrected chi connectivity index (χ1v) is 45.9. The number of imidazole rings is 3. The number of halogens is 2.